The lowest BCUT2D eigenvalue weighted by Gasteiger charge is -2.22. The van der Waals surface area contributed by atoms with Gasteiger partial charge in [-0.2, -0.15) is 5.10 Å². The average Bonchev–Trinajstić information content (AvgIpc) is 2.83. The van der Waals surface area contributed by atoms with Crippen LogP contribution in [0.25, 0.3) is 0 Å². The van der Waals surface area contributed by atoms with Gasteiger partial charge < -0.3 is 10.1 Å². The van der Waals surface area contributed by atoms with E-state index >= 15 is 0 Å². The van der Waals surface area contributed by atoms with Crippen LogP contribution in [0.2, 0.25) is 0 Å². The van der Waals surface area contributed by atoms with Gasteiger partial charge in [0.25, 0.3) is 15.0 Å². The Hall–Kier alpha value is -1.12. The fourth-order valence-electron chi connectivity index (χ4n) is 2.12. The lowest BCUT2D eigenvalue weighted by Crippen LogP contribution is -2.39. The molecular formula is C11H16ClN3O4S. The molecule has 1 amide bonds. The molecule has 9 heteroatoms. The Balaban J connectivity index is 2.23. The first-order valence-corrected chi connectivity index (χ1v) is 8.65. The summed E-state index contributed by atoms with van der Waals surface area (Å²) in [6.07, 6.45) is 1.78. The summed E-state index contributed by atoms with van der Waals surface area (Å²) in [5, 5.41) is 9.10. The molecular weight excluding hydrogens is 306 g/mol. The van der Waals surface area contributed by atoms with Crippen LogP contribution in [-0.2, 0) is 20.2 Å². The average molecular weight is 322 g/mol. The van der Waals surface area contributed by atoms with Crippen LogP contribution in [0.3, 0.4) is 0 Å². The van der Waals surface area contributed by atoms with E-state index in [1.807, 2.05) is 0 Å². The Bertz CT molecular complexity index is 593. The molecule has 2 heterocycles. The van der Waals surface area contributed by atoms with Crippen molar-refractivity contribution in [2.24, 2.45) is 0 Å². The van der Waals surface area contributed by atoms with Crippen LogP contribution >= 0.6 is 10.7 Å². The van der Waals surface area contributed by atoms with Crippen LogP contribution in [0.1, 0.15) is 35.9 Å². The summed E-state index contributed by atoms with van der Waals surface area (Å²) in [5.41, 5.74) is 0.153. The van der Waals surface area contributed by atoms with Crippen LogP contribution in [-0.4, -0.2) is 43.8 Å². The van der Waals surface area contributed by atoms with Gasteiger partial charge in [-0.1, -0.05) is 6.92 Å². The number of aryl methyl sites for hydroxylation is 1. The number of aromatic nitrogens is 2. The van der Waals surface area contributed by atoms with Crippen LogP contribution in [0.15, 0.2) is 4.90 Å². The minimum atomic E-state index is -4.03. The molecule has 2 N–H and O–H groups in total. The number of aromatic amines is 1. The molecule has 0 radical (unpaired) electrons. The largest absolute Gasteiger partial charge is 0.381 e. The van der Waals surface area contributed by atoms with E-state index < -0.39 is 15.0 Å². The molecule has 0 saturated carbocycles. The van der Waals surface area contributed by atoms with Gasteiger partial charge in [0.2, 0.25) is 0 Å². The van der Waals surface area contributed by atoms with Crippen LogP contribution < -0.4 is 5.32 Å². The minimum absolute atomic E-state index is 0.0380. The lowest BCUT2D eigenvalue weighted by molar-refractivity contribution is 0.0692. The van der Waals surface area contributed by atoms with Crippen LogP contribution in [0.4, 0.5) is 0 Å². The van der Waals surface area contributed by atoms with Crippen molar-refractivity contribution in [3.8, 4) is 0 Å². The highest BCUT2D eigenvalue weighted by Crippen LogP contribution is 2.23. The normalized spacial score (nSPS) is 17.1. The summed E-state index contributed by atoms with van der Waals surface area (Å²) in [6, 6.07) is -0.0380. The first kappa shape index (κ1) is 15.3. The molecule has 20 heavy (non-hydrogen) atoms. The number of nitrogens with zero attached hydrogens (tertiary/aromatic N) is 1. The predicted octanol–water partition coefficient (Wildman–Crippen LogP) is 0.808. The summed E-state index contributed by atoms with van der Waals surface area (Å²) >= 11 is 0. The Kier molecular flexibility index (Phi) is 4.66. The van der Waals surface area contributed by atoms with E-state index in [2.05, 4.69) is 15.5 Å². The van der Waals surface area contributed by atoms with E-state index in [1.54, 1.807) is 6.92 Å². The molecule has 1 aliphatic heterocycles. The third-order valence-corrected chi connectivity index (χ3v) is 4.55. The number of carbonyl (C=O) groups is 1. The zero-order chi connectivity index (χ0) is 14.8. The monoisotopic (exact) mass is 321 g/mol. The number of hydrogen-bond donors (Lipinski definition) is 2. The van der Waals surface area contributed by atoms with Gasteiger partial charge in [0.15, 0.2) is 5.69 Å². The maximum atomic E-state index is 12.2. The van der Waals surface area contributed by atoms with Gasteiger partial charge in [0.1, 0.15) is 4.90 Å². The van der Waals surface area contributed by atoms with E-state index in [4.69, 9.17) is 15.4 Å². The summed E-state index contributed by atoms with van der Waals surface area (Å²) in [5.74, 6) is -0.535. The first-order chi connectivity index (χ1) is 9.43. The molecule has 2 rings (SSSR count). The maximum Gasteiger partial charge on any atom is 0.273 e. The summed E-state index contributed by atoms with van der Waals surface area (Å²) in [6.45, 7) is 2.90. The second-order valence-corrected chi connectivity index (χ2v) is 7.03. The van der Waals surface area contributed by atoms with Crippen molar-refractivity contribution in [1.29, 1.82) is 0 Å². The van der Waals surface area contributed by atoms with Crippen molar-refractivity contribution in [3.63, 3.8) is 0 Å². The standard InChI is InChI=1S/C11H16ClN3O4S/c1-2-8-10(20(12,17)18)9(15-14-8)11(16)13-7-3-5-19-6-4-7/h7H,2-6H2,1H3,(H,13,16)(H,14,15). The smallest absolute Gasteiger partial charge is 0.273 e. The van der Waals surface area contributed by atoms with Gasteiger partial charge >= 0.3 is 0 Å². The van der Waals surface area contributed by atoms with Gasteiger partial charge in [-0.15, -0.1) is 0 Å². The fraction of sp³-hybridized carbons (Fsp3) is 0.636. The molecule has 1 aliphatic rings. The minimum Gasteiger partial charge on any atom is -0.381 e. The highest BCUT2D eigenvalue weighted by molar-refractivity contribution is 8.13. The number of amides is 1. The zero-order valence-electron chi connectivity index (χ0n) is 11.0. The van der Waals surface area contributed by atoms with Crippen LogP contribution in [0.5, 0.6) is 0 Å². The second-order valence-electron chi connectivity index (χ2n) is 4.53. The lowest BCUT2D eigenvalue weighted by atomic mass is 10.1. The Morgan fingerprint density at radius 3 is 2.70 bits per heavy atom. The van der Waals surface area contributed by atoms with E-state index in [0.29, 0.717) is 38.2 Å². The molecule has 0 unspecified atom stereocenters. The summed E-state index contributed by atoms with van der Waals surface area (Å²) in [7, 11) is 1.36. The third kappa shape index (κ3) is 3.31. The van der Waals surface area contributed by atoms with Gasteiger partial charge in [-0.3, -0.25) is 9.89 Å². The van der Waals surface area contributed by atoms with E-state index in [-0.39, 0.29) is 16.6 Å². The molecule has 1 saturated heterocycles. The Labute approximate surface area is 121 Å². The van der Waals surface area contributed by atoms with E-state index in [0.717, 1.165) is 0 Å². The molecule has 0 spiro atoms. The topological polar surface area (TPSA) is 101 Å². The number of hydrogen-bond acceptors (Lipinski definition) is 5. The zero-order valence-corrected chi connectivity index (χ0v) is 12.6. The number of halogens is 1. The first-order valence-electron chi connectivity index (χ1n) is 6.34. The Morgan fingerprint density at radius 1 is 1.50 bits per heavy atom. The predicted molar refractivity (Wildman–Crippen MR) is 72.3 cm³/mol. The number of ether oxygens (including phenoxy) is 1. The van der Waals surface area contributed by atoms with Gasteiger partial charge in [-0.05, 0) is 19.3 Å². The molecule has 1 fully saturated rings. The van der Waals surface area contributed by atoms with Crippen molar-refractivity contribution in [2.45, 2.75) is 37.1 Å². The van der Waals surface area contributed by atoms with Crippen molar-refractivity contribution in [3.05, 3.63) is 11.4 Å². The third-order valence-electron chi connectivity index (χ3n) is 3.16. The van der Waals surface area contributed by atoms with E-state index in [9.17, 15) is 13.2 Å². The highest BCUT2D eigenvalue weighted by atomic mass is 35.7. The van der Waals surface area contributed by atoms with Crippen LogP contribution in [0, 0.1) is 0 Å². The number of nitrogens with one attached hydrogen (secondary N) is 2. The fourth-order valence-corrected chi connectivity index (χ4v) is 3.47. The van der Waals surface area contributed by atoms with Gasteiger partial charge in [-0.25, -0.2) is 8.42 Å². The number of carbonyl (C=O) groups excluding carboxylic acids is 1. The molecule has 0 bridgehead atoms. The molecule has 7 nitrogen and oxygen atoms in total. The molecule has 1 aromatic heterocycles. The maximum absolute atomic E-state index is 12.2. The van der Waals surface area contributed by atoms with Crippen molar-refractivity contribution < 1.29 is 17.9 Å². The molecule has 1 aromatic rings. The molecule has 0 atom stereocenters. The summed E-state index contributed by atoms with van der Waals surface area (Å²) in [4.78, 5) is 11.9. The van der Waals surface area contributed by atoms with Gasteiger partial charge in [0.05, 0.1) is 5.69 Å². The van der Waals surface area contributed by atoms with Crippen molar-refractivity contribution in [1.82, 2.24) is 15.5 Å². The highest BCUT2D eigenvalue weighted by Gasteiger charge is 2.29. The second kappa shape index (κ2) is 6.11. The SMILES string of the molecule is CCc1[nH]nc(C(=O)NC2CCOCC2)c1S(=O)(=O)Cl. The van der Waals surface area contributed by atoms with E-state index in [1.165, 1.54) is 0 Å². The Morgan fingerprint density at radius 2 is 2.15 bits per heavy atom. The van der Waals surface area contributed by atoms with Crippen molar-refractivity contribution >= 4 is 25.6 Å². The molecule has 112 valence electrons. The van der Waals surface area contributed by atoms with Crippen molar-refractivity contribution in [2.75, 3.05) is 13.2 Å². The molecule has 0 aromatic carbocycles. The summed E-state index contributed by atoms with van der Waals surface area (Å²) < 4.78 is 28.4. The molecule has 0 aliphatic carbocycles. The number of rotatable bonds is 4. The van der Waals surface area contributed by atoms with Gasteiger partial charge in [0, 0.05) is 29.9 Å². The number of H-pyrrole nitrogens is 1. The quantitative estimate of drug-likeness (QED) is 0.799.